The first kappa shape index (κ1) is 15.7. The van der Waals surface area contributed by atoms with Crippen LogP contribution in [0, 0.1) is 6.92 Å². The molecule has 0 aliphatic carbocycles. The van der Waals surface area contributed by atoms with Gasteiger partial charge in [0.1, 0.15) is 6.04 Å². The maximum Gasteiger partial charge on any atom is 0.322 e. The second kappa shape index (κ2) is 6.54. The van der Waals surface area contributed by atoms with Crippen LogP contribution < -0.4 is 16.0 Å². The van der Waals surface area contributed by atoms with Gasteiger partial charge in [-0.1, -0.05) is 36.4 Å². The Labute approximate surface area is 139 Å². The van der Waals surface area contributed by atoms with Gasteiger partial charge in [0.2, 0.25) is 5.91 Å². The molecule has 2 aromatic carbocycles. The largest absolute Gasteiger partial charge is 0.326 e. The Morgan fingerprint density at radius 3 is 2.42 bits per heavy atom. The van der Waals surface area contributed by atoms with Crippen LogP contribution in [0.1, 0.15) is 22.7 Å². The van der Waals surface area contributed by atoms with Crippen LogP contribution in [0.4, 0.5) is 10.5 Å². The Hall–Kier alpha value is -3.15. The molecule has 1 saturated heterocycles. The summed E-state index contributed by atoms with van der Waals surface area (Å²) >= 11 is 0. The van der Waals surface area contributed by atoms with Gasteiger partial charge in [0, 0.05) is 5.69 Å². The number of urea groups is 1. The van der Waals surface area contributed by atoms with Gasteiger partial charge in [-0.15, -0.1) is 0 Å². The van der Waals surface area contributed by atoms with Crippen LogP contribution in [0.25, 0.3) is 0 Å². The smallest absolute Gasteiger partial charge is 0.322 e. The molecule has 3 N–H and O–H groups in total. The minimum absolute atomic E-state index is 0.107. The second-order valence-electron chi connectivity index (χ2n) is 5.67. The van der Waals surface area contributed by atoms with Crippen LogP contribution in [0.2, 0.25) is 0 Å². The third-order valence-corrected chi connectivity index (χ3v) is 3.91. The number of hydrogen-bond acceptors (Lipinski definition) is 3. The topological polar surface area (TPSA) is 87.3 Å². The van der Waals surface area contributed by atoms with Crippen molar-refractivity contribution in [3.05, 3.63) is 65.2 Å². The summed E-state index contributed by atoms with van der Waals surface area (Å²) < 4.78 is 0. The lowest BCUT2D eigenvalue weighted by Crippen LogP contribution is -2.22. The zero-order valence-corrected chi connectivity index (χ0v) is 13.1. The molecule has 0 radical (unpaired) electrons. The quantitative estimate of drug-likeness (QED) is 0.753. The Balaban J connectivity index is 1.64. The number of anilines is 1. The van der Waals surface area contributed by atoms with Gasteiger partial charge in [-0.05, 0) is 35.7 Å². The molecule has 122 valence electrons. The molecule has 1 atom stereocenters. The minimum atomic E-state index is -0.686. The number of imide groups is 1. The summed E-state index contributed by atoms with van der Waals surface area (Å²) in [6.45, 7) is 1.97. The molecule has 24 heavy (non-hydrogen) atoms. The zero-order valence-electron chi connectivity index (χ0n) is 13.1. The lowest BCUT2D eigenvalue weighted by atomic mass is 10.1. The first-order chi connectivity index (χ1) is 11.5. The van der Waals surface area contributed by atoms with E-state index in [0.29, 0.717) is 17.7 Å². The van der Waals surface area contributed by atoms with Gasteiger partial charge in [0.05, 0.1) is 6.42 Å². The zero-order chi connectivity index (χ0) is 17.1. The molecule has 1 aliphatic heterocycles. The fourth-order valence-electron chi connectivity index (χ4n) is 2.60. The molecule has 0 saturated carbocycles. The first-order valence-corrected chi connectivity index (χ1v) is 7.58. The van der Waals surface area contributed by atoms with E-state index in [9.17, 15) is 14.4 Å². The molecule has 1 heterocycles. The highest BCUT2D eigenvalue weighted by atomic mass is 16.2. The van der Waals surface area contributed by atoms with Crippen LogP contribution in [-0.4, -0.2) is 17.8 Å². The number of amides is 4. The van der Waals surface area contributed by atoms with Crippen molar-refractivity contribution in [3.63, 3.8) is 0 Å². The van der Waals surface area contributed by atoms with Crippen LogP contribution in [0.3, 0.4) is 0 Å². The molecule has 4 amide bonds. The van der Waals surface area contributed by atoms with Crippen LogP contribution in [-0.2, 0) is 16.0 Å². The lowest BCUT2D eigenvalue weighted by Gasteiger charge is -2.10. The van der Waals surface area contributed by atoms with Gasteiger partial charge in [-0.3, -0.25) is 14.9 Å². The van der Waals surface area contributed by atoms with Crippen molar-refractivity contribution in [2.24, 2.45) is 0 Å². The van der Waals surface area contributed by atoms with Crippen molar-refractivity contribution in [1.82, 2.24) is 10.6 Å². The third kappa shape index (κ3) is 3.43. The minimum Gasteiger partial charge on any atom is -0.326 e. The van der Waals surface area contributed by atoms with E-state index in [0.717, 1.165) is 11.1 Å². The number of aryl methyl sites for hydroxylation is 1. The molecule has 6 nitrogen and oxygen atoms in total. The highest BCUT2D eigenvalue weighted by Gasteiger charge is 2.30. The molecule has 0 bridgehead atoms. The Morgan fingerprint density at radius 1 is 1.08 bits per heavy atom. The van der Waals surface area contributed by atoms with Gasteiger partial charge >= 0.3 is 6.03 Å². The van der Waals surface area contributed by atoms with E-state index >= 15 is 0 Å². The van der Waals surface area contributed by atoms with Crippen LogP contribution in [0.15, 0.2) is 48.5 Å². The number of hydrogen-bond donors (Lipinski definition) is 3. The van der Waals surface area contributed by atoms with E-state index in [1.165, 1.54) is 0 Å². The van der Waals surface area contributed by atoms with Gasteiger partial charge in [0.15, 0.2) is 0 Å². The van der Waals surface area contributed by atoms with Crippen molar-refractivity contribution < 1.29 is 14.4 Å². The summed E-state index contributed by atoms with van der Waals surface area (Å²) in [5.41, 5.74) is 3.36. The molecule has 2 aromatic rings. The van der Waals surface area contributed by atoms with E-state index < -0.39 is 12.1 Å². The summed E-state index contributed by atoms with van der Waals surface area (Å²) in [5, 5.41) is 7.55. The fourth-order valence-corrected chi connectivity index (χ4v) is 2.60. The molecular weight excluding hydrogens is 306 g/mol. The molecule has 0 spiro atoms. The third-order valence-electron chi connectivity index (χ3n) is 3.91. The standard InChI is InChI=1S/C18H17N3O3/c1-11-4-2-3-5-13(11)10-15(22)19-14-8-6-12(7-9-14)16-17(23)21-18(24)20-16/h2-9,16H,10H2,1H3,(H,19,22)(H2,20,21,23,24). The van der Waals surface area contributed by atoms with E-state index in [2.05, 4.69) is 16.0 Å². The average molecular weight is 323 g/mol. The van der Waals surface area contributed by atoms with Crippen molar-refractivity contribution in [2.75, 3.05) is 5.32 Å². The predicted molar refractivity (Wildman–Crippen MR) is 89.4 cm³/mol. The lowest BCUT2D eigenvalue weighted by molar-refractivity contribution is -0.120. The Morgan fingerprint density at radius 2 is 1.79 bits per heavy atom. The molecule has 0 aromatic heterocycles. The van der Waals surface area contributed by atoms with Gasteiger partial charge in [0.25, 0.3) is 5.91 Å². The second-order valence-corrected chi connectivity index (χ2v) is 5.67. The first-order valence-electron chi connectivity index (χ1n) is 7.58. The number of carbonyl (C=O) groups excluding carboxylic acids is 3. The number of rotatable bonds is 4. The molecule has 1 fully saturated rings. The maximum absolute atomic E-state index is 12.1. The summed E-state index contributed by atoms with van der Waals surface area (Å²) in [5.74, 6) is -0.486. The number of nitrogens with one attached hydrogen (secondary N) is 3. The van der Waals surface area contributed by atoms with E-state index in [1.54, 1.807) is 24.3 Å². The van der Waals surface area contributed by atoms with Crippen LogP contribution >= 0.6 is 0 Å². The van der Waals surface area contributed by atoms with Gasteiger partial charge < -0.3 is 10.6 Å². The highest BCUT2D eigenvalue weighted by molar-refractivity contribution is 6.04. The van der Waals surface area contributed by atoms with Crippen molar-refractivity contribution in [1.29, 1.82) is 0 Å². The number of benzene rings is 2. The van der Waals surface area contributed by atoms with Crippen LogP contribution in [0.5, 0.6) is 0 Å². The SMILES string of the molecule is Cc1ccccc1CC(=O)Nc1ccc(C2NC(=O)NC2=O)cc1. The molecule has 1 unspecified atom stereocenters. The summed E-state index contributed by atoms with van der Waals surface area (Å²) in [6, 6.07) is 13.4. The van der Waals surface area contributed by atoms with Crippen molar-refractivity contribution in [2.45, 2.75) is 19.4 Å². The summed E-state index contributed by atoms with van der Waals surface area (Å²) in [7, 11) is 0. The molecule has 3 rings (SSSR count). The normalized spacial score (nSPS) is 16.5. The van der Waals surface area contributed by atoms with Crippen molar-refractivity contribution in [3.8, 4) is 0 Å². The van der Waals surface area contributed by atoms with E-state index in [1.807, 2.05) is 31.2 Å². The highest BCUT2D eigenvalue weighted by Crippen LogP contribution is 2.19. The van der Waals surface area contributed by atoms with Gasteiger partial charge in [-0.25, -0.2) is 4.79 Å². The summed E-state index contributed by atoms with van der Waals surface area (Å²) in [6.07, 6.45) is 0.301. The Bertz CT molecular complexity index is 799. The molecule has 6 heteroatoms. The Kier molecular flexibility index (Phi) is 4.29. The van der Waals surface area contributed by atoms with E-state index in [-0.39, 0.29) is 11.8 Å². The average Bonchev–Trinajstić information content (AvgIpc) is 2.89. The predicted octanol–water partition coefficient (Wildman–Crippen LogP) is 2.06. The van der Waals surface area contributed by atoms with Gasteiger partial charge in [-0.2, -0.15) is 0 Å². The summed E-state index contributed by atoms with van der Waals surface area (Å²) in [4.78, 5) is 34.9. The maximum atomic E-state index is 12.1. The fraction of sp³-hybridized carbons (Fsp3) is 0.167. The van der Waals surface area contributed by atoms with Crippen molar-refractivity contribution >= 4 is 23.5 Å². The van der Waals surface area contributed by atoms with E-state index in [4.69, 9.17) is 0 Å². The number of carbonyl (C=O) groups is 3. The molecule has 1 aliphatic rings. The molecular formula is C18H17N3O3. The monoisotopic (exact) mass is 323 g/mol.